The number of nitrogen functional groups attached to an aromatic ring is 2. The van der Waals surface area contributed by atoms with Crippen LogP contribution in [0.4, 0.5) is 22.7 Å². The van der Waals surface area contributed by atoms with Crippen molar-refractivity contribution in [3.05, 3.63) is 36.4 Å². The Kier molecular flexibility index (Phi) is 6.11. The van der Waals surface area contributed by atoms with Crippen LogP contribution < -0.4 is 30.7 Å². The van der Waals surface area contributed by atoms with Gasteiger partial charge in [0, 0.05) is 49.7 Å². The zero-order valence-corrected chi connectivity index (χ0v) is 18.1. The minimum absolute atomic E-state index is 0.696. The van der Waals surface area contributed by atoms with Gasteiger partial charge in [0.15, 0.2) is 0 Å². The number of rotatable bonds is 5. The molecule has 6 heteroatoms. The molecule has 6 nitrogen and oxygen atoms in total. The molecule has 0 amide bonds. The number of nitrogens with two attached hydrogens (primary N) is 2. The van der Waals surface area contributed by atoms with Gasteiger partial charge < -0.3 is 30.7 Å². The van der Waals surface area contributed by atoms with Crippen LogP contribution in [0.5, 0.6) is 11.5 Å². The van der Waals surface area contributed by atoms with Crippen LogP contribution in [0, 0.1) is 11.8 Å². The lowest BCUT2D eigenvalue weighted by Gasteiger charge is -2.41. The average Bonchev–Trinajstić information content (AvgIpc) is 2.80. The molecule has 0 aromatic heterocycles. The Morgan fingerprint density at radius 1 is 0.667 bits per heavy atom. The highest BCUT2D eigenvalue weighted by molar-refractivity contribution is 5.63. The highest BCUT2D eigenvalue weighted by Crippen LogP contribution is 2.37. The molecule has 0 bridgehead atoms. The molecule has 4 N–H and O–H groups in total. The molecule has 2 aromatic carbocycles. The molecule has 0 atom stereocenters. The van der Waals surface area contributed by atoms with E-state index in [0.29, 0.717) is 11.4 Å². The van der Waals surface area contributed by atoms with Crippen LogP contribution in [0.2, 0.25) is 0 Å². The fraction of sp³-hybridized carbons (Fsp3) is 0.500. The Bertz CT molecular complexity index is 785. The van der Waals surface area contributed by atoms with E-state index in [1.54, 1.807) is 14.2 Å². The second-order valence-electron chi connectivity index (χ2n) is 8.50. The Balaban J connectivity index is 1.30. The summed E-state index contributed by atoms with van der Waals surface area (Å²) in [5.41, 5.74) is 15.8. The predicted molar refractivity (Wildman–Crippen MR) is 125 cm³/mol. The molecule has 2 aliphatic heterocycles. The van der Waals surface area contributed by atoms with Crippen molar-refractivity contribution in [2.24, 2.45) is 11.8 Å². The Hall–Kier alpha value is -2.76. The summed E-state index contributed by atoms with van der Waals surface area (Å²) in [5, 5.41) is 0. The van der Waals surface area contributed by atoms with Gasteiger partial charge in [0.1, 0.15) is 11.5 Å². The summed E-state index contributed by atoms with van der Waals surface area (Å²) in [7, 11) is 3.35. The number of piperidine rings is 2. The lowest BCUT2D eigenvalue weighted by Crippen LogP contribution is -2.41. The van der Waals surface area contributed by atoms with Crippen molar-refractivity contribution in [1.82, 2.24) is 0 Å². The average molecular weight is 411 g/mol. The Morgan fingerprint density at radius 2 is 1.03 bits per heavy atom. The molecule has 0 saturated carbocycles. The summed E-state index contributed by atoms with van der Waals surface area (Å²) < 4.78 is 10.8. The van der Waals surface area contributed by atoms with Crippen LogP contribution in [-0.4, -0.2) is 40.4 Å². The molecule has 30 heavy (non-hydrogen) atoms. The maximum atomic E-state index is 5.97. The second kappa shape index (κ2) is 8.94. The van der Waals surface area contributed by atoms with E-state index in [1.165, 1.54) is 37.1 Å². The van der Waals surface area contributed by atoms with E-state index in [4.69, 9.17) is 20.9 Å². The summed E-state index contributed by atoms with van der Waals surface area (Å²) >= 11 is 0. The monoisotopic (exact) mass is 410 g/mol. The zero-order valence-electron chi connectivity index (χ0n) is 18.1. The lowest BCUT2D eigenvalue weighted by atomic mass is 9.78. The van der Waals surface area contributed by atoms with Crippen molar-refractivity contribution in [2.75, 3.05) is 61.7 Å². The molecular formula is C24H34N4O2. The summed E-state index contributed by atoms with van der Waals surface area (Å²) in [6, 6.07) is 12.2. The van der Waals surface area contributed by atoms with Gasteiger partial charge in [-0.3, -0.25) is 0 Å². The standard InChI is InChI=1S/C24H34N4O2/c1-29-23-15-19(3-5-21(23)25)27-11-7-17(8-12-27)18-9-13-28(14-10-18)20-4-6-22(26)24(16-20)30-2/h3-6,15-18H,7-14,25-26H2,1-2H3. The minimum Gasteiger partial charge on any atom is -0.495 e. The Labute approximate surface area is 179 Å². The number of hydrogen-bond donors (Lipinski definition) is 2. The van der Waals surface area contributed by atoms with Gasteiger partial charge in [0.25, 0.3) is 0 Å². The largest absolute Gasteiger partial charge is 0.495 e. The molecule has 4 rings (SSSR count). The molecule has 0 aliphatic carbocycles. The van der Waals surface area contributed by atoms with Gasteiger partial charge in [-0.2, -0.15) is 0 Å². The van der Waals surface area contributed by atoms with Crippen molar-refractivity contribution in [3.63, 3.8) is 0 Å². The predicted octanol–water partition coefficient (Wildman–Crippen LogP) is 4.00. The fourth-order valence-electron chi connectivity index (χ4n) is 5.05. The highest BCUT2D eigenvalue weighted by Gasteiger charge is 2.30. The van der Waals surface area contributed by atoms with Crippen molar-refractivity contribution in [1.29, 1.82) is 0 Å². The molecule has 2 saturated heterocycles. The number of benzene rings is 2. The third-order valence-electron chi connectivity index (χ3n) is 6.91. The minimum atomic E-state index is 0.696. The molecule has 162 valence electrons. The Morgan fingerprint density at radius 3 is 1.37 bits per heavy atom. The summed E-state index contributed by atoms with van der Waals surface area (Å²) in [6.45, 7) is 4.42. The maximum absolute atomic E-state index is 5.97. The van der Waals surface area contributed by atoms with Crippen LogP contribution in [0.15, 0.2) is 36.4 Å². The first-order chi connectivity index (χ1) is 14.6. The SMILES string of the molecule is COc1cc(N2CCC(C3CCN(c4ccc(N)c(OC)c4)CC3)CC2)ccc1N. The van der Waals surface area contributed by atoms with E-state index < -0.39 is 0 Å². The summed E-state index contributed by atoms with van der Waals surface area (Å²) in [5.74, 6) is 3.17. The van der Waals surface area contributed by atoms with Crippen LogP contribution in [-0.2, 0) is 0 Å². The third kappa shape index (κ3) is 4.23. The van der Waals surface area contributed by atoms with E-state index in [9.17, 15) is 0 Å². The molecule has 0 radical (unpaired) electrons. The van der Waals surface area contributed by atoms with E-state index in [0.717, 1.165) is 49.5 Å². The zero-order chi connectivity index (χ0) is 21.1. The number of nitrogens with zero attached hydrogens (tertiary/aromatic N) is 2. The van der Waals surface area contributed by atoms with Gasteiger partial charge in [0.2, 0.25) is 0 Å². The van der Waals surface area contributed by atoms with Gasteiger partial charge in [0.05, 0.1) is 25.6 Å². The number of ether oxygens (including phenoxy) is 2. The van der Waals surface area contributed by atoms with E-state index in [-0.39, 0.29) is 0 Å². The first kappa shape index (κ1) is 20.5. The van der Waals surface area contributed by atoms with Crippen molar-refractivity contribution in [2.45, 2.75) is 25.7 Å². The van der Waals surface area contributed by atoms with Crippen molar-refractivity contribution >= 4 is 22.7 Å². The molecule has 2 fully saturated rings. The summed E-state index contributed by atoms with van der Waals surface area (Å²) in [6.07, 6.45) is 5.03. The third-order valence-corrected chi connectivity index (χ3v) is 6.91. The van der Waals surface area contributed by atoms with Gasteiger partial charge in [-0.25, -0.2) is 0 Å². The summed E-state index contributed by atoms with van der Waals surface area (Å²) in [4.78, 5) is 4.93. The molecule has 2 aliphatic rings. The normalized spacial score (nSPS) is 18.5. The van der Waals surface area contributed by atoms with E-state index in [1.807, 2.05) is 12.1 Å². The smallest absolute Gasteiger partial charge is 0.143 e. The number of hydrogen-bond acceptors (Lipinski definition) is 6. The number of anilines is 4. The highest BCUT2D eigenvalue weighted by atomic mass is 16.5. The van der Waals surface area contributed by atoms with Gasteiger partial charge >= 0.3 is 0 Å². The first-order valence-electron chi connectivity index (χ1n) is 11.0. The quantitative estimate of drug-likeness (QED) is 0.726. The second-order valence-corrected chi connectivity index (χ2v) is 8.50. The molecule has 0 spiro atoms. The molecule has 2 heterocycles. The fourth-order valence-corrected chi connectivity index (χ4v) is 5.05. The maximum Gasteiger partial charge on any atom is 0.143 e. The topological polar surface area (TPSA) is 77.0 Å². The van der Waals surface area contributed by atoms with E-state index >= 15 is 0 Å². The van der Waals surface area contributed by atoms with Crippen LogP contribution >= 0.6 is 0 Å². The molecule has 2 aromatic rings. The van der Waals surface area contributed by atoms with Crippen molar-refractivity contribution in [3.8, 4) is 11.5 Å². The van der Waals surface area contributed by atoms with Gasteiger partial charge in [-0.1, -0.05) is 0 Å². The van der Waals surface area contributed by atoms with Crippen molar-refractivity contribution < 1.29 is 9.47 Å². The van der Waals surface area contributed by atoms with Crippen LogP contribution in [0.3, 0.4) is 0 Å². The first-order valence-corrected chi connectivity index (χ1v) is 11.0. The molecule has 0 unspecified atom stereocenters. The van der Waals surface area contributed by atoms with Crippen LogP contribution in [0.1, 0.15) is 25.7 Å². The van der Waals surface area contributed by atoms with Gasteiger partial charge in [-0.05, 0) is 61.8 Å². The number of methoxy groups -OCH3 is 2. The lowest BCUT2D eigenvalue weighted by molar-refractivity contribution is 0.233. The van der Waals surface area contributed by atoms with Gasteiger partial charge in [-0.15, -0.1) is 0 Å². The van der Waals surface area contributed by atoms with Crippen LogP contribution in [0.25, 0.3) is 0 Å². The molecular weight excluding hydrogens is 376 g/mol. The van der Waals surface area contributed by atoms with E-state index in [2.05, 4.69) is 34.1 Å².